The van der Waals surface area contributed by atoms with E-state index >= 15 is 0 Å². The fraction of sp³-hybridized carbons (Fsp3) is 0.889. The molecule has 0 aliphatic carbocycles. The molecule has 0 unspecified atom stereocenters. The fourth-order valence-electron chi connectivity index (χ4n) is 4.23. The second-order valence-electron chi connectivity index (χ2n) is 7.73. The Labute approximate surface area is 158 Å². The van der Waals surface area contributed by atoms with E-state index in [-0.39, 0.29) is 30.9 Å². The second kappa shape index (κ2) is 8.68. The summed E-state index contributed by atoms with van der Waals surface area (Å²) in [5, 5.41) is 1.35. The first-order valence-electron chi connectivity index (χ1n) is 9.97. The van der Waals surface area contributed by atoms with Gasteiger partial charge in [-0.15, -0.1) is 0 Å². The minimum absolute atomic E-state index is 0.116. The Kier molecular flexibility index (Phi) is 6.52. The van der Waals surface area contributed by atoms with Gasteiger partial charge in [0.2, 0.25) is 5.91 Å². The number of nitrogens with zero attached hydrogens (tertiary/aromatic N) is 3. The number of amides is 2. The Morgan fingerprint density at radius 1 is 1.07 bits per heavy atom. The normalized spacial score (nSPS) is 25.5. The standard InChI is InChI=1S/C18H30F2N4O3/c1-2-27-17(26)23-10-5-15(6-11-23)22-8-3-14(4-9-22)16(25)21-24-12-7-18(19,20)13-24/h14-15H,2-13H2,1H3,(H,21,25). The molecule has 7 nitrogen and oxygen atoms in total. The topological polar surface area (TPSA) is 65.1 Å². The summed E-state index contributed by atoms with van der Waals surface area (Å²) < 4.78 is 31.5. The zero-order valence-corrected chi connectivity index (χ0v) is 16.0. The summed E-state index contributed by atoms with van der Waals surface area (Å²) in [6.45, 7) is 5.08. The number of hydrogen-bond acceptors (Lipinski definition) is 5. The van der Waals surface area contributed by atoms with E-state index in [2.05, 4.69) is 10.3 Å². The number of hydrazine groups is 1. The Morgan fingerprint density at radius 3 is 2.30 bits per heavy atom. The van der Waals surface area contributed by atoms with Crippen LogP contribution in [0.1, 0.15) is 39.0 Å². The van der Waals surface area contributed by atoms with E-state index in [0.29, 0.717) is 25.7 Å². The Bertz CT molecular complexity index is 533. The van der Waals surface area contributed by atoms with Gasteiger partial charge in [0.05, 0.1) is 13.2 Å². The predicted molar refractivity (Wildman–Crippen MR) is 95.2 cm³/mol. The molecule has 3 aliphatic rings. The van der Waals surface area contributed by atoms with E-state index in [1.807, 2.05) is 0 Å². The zero-order chi connectivity index (χ0) is 19.4. The van der Waals surface area contributed by atoms with E-state index in [0.717, 1.165) is 38.8 Å². The molecular formula is C18H30F2N4O3. The maximum atomic E-state index is 13.2. The molecule has 0 aromatic heterocycles. The Balaban J connectivity index is 1.38. The van der Waals surface area contributed by atoms with E-state index in [1.54, 1.807) is 11.8 Å². The lowest BCUT2D eigenvalue weighted by Gasteiger charge is -2.41. The molecule has 0 aromatic rings. The van der Waals surface area contributed by atoms with Crippen LogP contribution >= 0.6 is 0 Å². The van der Waals surface area contributed by atoms with E-state index in [1.165, 1.54) is 5.01 Å². The van der Waals surface area contributed by atoms with Crippen LogP contribution in [0, 0.1) is 5.92 Å². The van der Waals surface area contributed by atoms with Gasteiger partial charge in [-0.3, -0.25) is 10.2 Å². The lowest BCUT2D eigenvalue weighted by atomic mass is 9.93. The van der Waals surface area contributed by atoms with Gasteiger partial charge in [0.1, 0.15) is 0 Å². The van der Waals surface area contributed by atoms with Crippen molar-refractivity contribution in [3.8, 4) is 0 Å². The number of halogens is 2. The smallest absolute Gasteiger partial charge is 0.409 e. The van der Waals surface area contributed by atoms with Crippen LogP contribution in [0.25, 0.3) is 0 Å². The van der Waals surface area contributed by atoms with Gasteiger partial charge in [0.25, 0.3) is 5.92 Å². The Morgan fingerprint density at radius 2 is 1.74 bits per heavy atom. The molecular weight excluding hydrogens is 358 g/mol. The van der Waals surface area contributed by atoms with Crippen LogP contribution in [0.5, 0.6) is 0 Å². The van der Waals surface area contributed by atoms with Gasteiger partial charge in [-0.25, -0.2) is 18.6 Å². The van der Waals surface area contributed by atoms with Gasteiger partial charge in [-0.05, 0) is 45.7 Å². The third-order valence-electron chi connectivity index (χ3n) is 5.85. The molecule has 0 atom stereocenters. The third-order valence-corrected chi connectivity index (χ3v) is 5.85. The number of alkyl halides is 2. The van der Waals surface area contributed by atoms with Crippen LogP contribution in [0.15, 0.2) is 0 Å². The molecule has 3 aliphatic heterocycles. The number of carbonyl (C=O) groups is 2. The molecule has 3 heterocycles. The van der Waals surface area contributed by atoms with Gasteiger partial charge in [0, 0.05) is 38.0 Å². The second-order valence-corrected chi connectivity index (χ2v) is 7.73. The summed E-state index contributed by atoms with van der Waals surface area (Å²) in [6.07, 6.45) is 2.88. The van der Waals surface area contributed by atoms with Crippen molar-refractivity contribution in [3.05, 3.63) is 0 Å². The summed E-state index contributed by atoms with van der Waals surface area (Å²) in [4.78, 5) is 28.3. The quantitative estimate of drug-likeness (QED) is 0.794. The molecule has 27 heavy (non-hydrogen) atoms. The molecule has 0 aromatic carbocycles. The lowest BCUT2D eigenvalue weighted by Crippen LogP contribution is -2.51. The number of piperidine rings is 2. The molecule has 0 radical (unpaired) electrons. The summed E-state index contributed by atoms with van der Waals surface area (Å²) in [5.74, 6) is -2.95. The summed E-state index contributed by atoms with van der Waals surface area (Å²) in [5.41, 5.74) is 2.67. The lowest BCUT2D eigenvalue weighted by molar-refractivity contribution is -0.131. The molecule has 3 saturated heterocycles. The fourth-order valence-corrected chi connectivity index (χ4v) is 4.23. The molecule has 0 bridgehead atoms. The van der Waals surface area contributed by atoms with Gasteiger partial charge in [-0.1, -0.05) is 0 Å². The van der Waals surface area contributed by atoms with Gasteiger partial charge in [-0.2, -0.15) is 0 Å². The van der Waals surface area contributed by atoms with Crippen molar-refractivity contribution in [1.29, 1.82) is 0 Å². The van der Waals surface area contributed by atoms with Crippen LogP contribution in [0.2, 0.25) is 0 Å². The number of hydrogen-bond donors (Lipinski definition) is 1. The molecule has 3 rings (SSSR count). The van der Waals surface area contributed by atoms with Gasteiger partial charge >= 0.3 is 6.09 Å². The molecule has 154 valence electrons. The molecule has 9 heteroatoms. The highest BCUT2D eigenvalue weighted by Gasteiger charge is 2.40. The van der Waals surface area contributed by atoms with Crippen molar-refractivity contribution in [2.75, 3.05) is 45.9 Å². The van der Waals surface area contributed by atoms with Crippen molar-refractivity contribution in [2.45, 2.75) is 51.0 Å². The number of nitrogens with one attached hydrogen (secondary N) is 1. The first-order valence-corrected chi connectivity index (χ1v) is 9.97. The minimum atomic E-state index is -2.70. The van der Waals surface area contributed by atoms with Gasteiger partial charge in [0.15, 0.2) is 0 Å². The average Bonchev–Trinajstić information content (AvgIpc) is 3.00. The van der Waals surface area contributed by atoms with Crippen molar-refractivity contribution in [1.82, 2.24) is 20.2 Å². The van der Waals surface area contributed by atoms with Crippen LogP contribution in [0.3, 0.4) is 0 Å². The average molecular weight is 388 g/mol. The maximum absolute atomic E-state index is 13.2. The first kappa shape index (κ1) is 20.3. The number of ether oxygens (including phenoxy) is 1. The van der Waals surface area contributed by atoms with Crippen molar-refractivity contribution < 1.29 is 23.1 Å². The predicted octanol–water partition coefficient (Wildman–Crippen LogP) is 1.69. The highest BCUT2D eigenvalue weighted by Crippen LogP contribution is 2.27. The Hall–Kier alpha value is -1.48. The molecule has 0 saturated carbocycles. The highest BCUT2D eigenvalue weighted by molar-refractivity contribution is 5.78. The third kappa shape index (κ3) is 5.28. The molecule has 3 fully saturated rings. The van der Waals surface area contributed by atoms with Crippen LogP contribution in [-0.4, -0.2) is 84.6 Å². The van der Waals surface area contributed by atoms with Crippen LogP contribution < -0.4 is 5.43 Å². The van der Waals surface area contributed by atoms with E-state index in [4.69, 9.17) is 4.74 Å². The largest absolute Gasteiger partial charge is 0.450 e. The summed E-state index contributed by atoms with van der Waals surface area (Å²) >= 11 is 0. The number of likely N-dealkylation sites (tertiary alicyclic amines) is 2. The summed E-state index contributed by atoms with van der Waals surface area (Å²) in [6, 6.07) is 0.428. The monoisotopic (exact) mass is 388 g/mol. The van der Waals surface area contributed by atoms with Crippen molar-refractivity contribution in [3.63, 3.8) is 0 Å². The van der Waals surface area contributed by atoms with E-state index in [9.17, 15) is 18.4 Å². The number of rotatable bonds is 4. The zero-order valence-electron chi connectivity index (χ0n) is 16.0. The highest BCUT2D eigenvalue weighted by atomic mass is 19.3. The first-order chi connectivity index (χ1) is 12.9. The maximum Gasteiger partial charge on any atom is 0.409 e. The SMILES string of the molecule is CCOC(=O)N1CCC(N2CCC(C(=O)NN3CCC(F)(F)C3)CC2)CC1. The molecule has 1 N–H and O–H groups in total. The van der Waals surface area contributed by atoms with E-state index < -0.39 is 12.5 Å². The van der Waals surface area contributed by atoms with Crippen LogP contribution in [-0.2, 0) is 9.53 Å². The summed E-state index contributed by atoms with van der Waals surface area (Å²) in [7, 11) is 0. The van der Waals surface area contributed by atoms with Crippen molar-refractivity contribution in [2.24, 2.45) is 5.92 Å². The molecule has 0 spiro atoms. The van der Waals surface area contributed by atoms with Gasteiger partial charge < -0.3 is 14.5 Å². The minimum Gasteiger partial charge on any atom is -0.450 e. The van der Waals surface area contributed by atoms with Crippen LogP contribution in [0.4, 0.5) is 13.6 Å². The number of carbonyl (C=O) groups excluding carboxylic acids is 2. The van der Waals surface area contributed by atoms with Crippen molar-refractivity contribution >= 4 is 12.0 Å². The molecule has 2 amide bonds.